The van der Waals surface area contributed by atoms with Gasteiger partial charge in [-0.25, -0.2) is 8.42 Å². The van der Waals surface area contributed by atoms with E-state index in [9.17, 15) is 13.2 Å². The van der Waals surface area contributed by atoms with Gasteiger partial charge in [0, 0.05) is 6.04 Å². The Balaban J connectivity index is 2.59. The van der Waals surface area contributed by atoms with Gasteiger partial charge in [0.25, 0.3) is 0 Å². The van der Waals surface area contributed by atoms with E-state index in [1.54, 1.807) is 0 Å². The number of ether oxygens (including phenoxy) is 1. The molecular weight excluding hydrogens is 194 g/mol. The average Bonchev–Trinajstić information content (AvgIpc) is 2.24. The number of esters is 1. The van der Waals surface area contributed by atoms with Gasteiger partial charge < -0.3 is 10.5 Å². The standard InChI is InChI=1S/C7H13NO4S/c1-12-7(9)2-5-3-13(10,11)4-6(5)8/h5-6H,2-4,8H2,1H3/t5-,6+/m0/s1. The highest BCUT2D eigenvalue weighted by Crippen LogP contribution is 2.20. The Morgan fingerprint density at radius 1 is 1.54 bits per heavy atom. The maximum atomic E-state index is 11.1. The van der Waals surface area contributed by atoms with Crippen LogP contribution in [0.3, 0.4) is 0 Å². The lowest BCUT2D eigenvalue weighted by atomic mass is 10.0. The Morgan fingerprint density at radius 3 is 2.54 bits per heavy atom. The summed E-state index contributed by atoms with van der Waals surface area (Å²) in [5.41, 5.74) is 5.57. The van der Waals surface area contributed by atoms with Crippen LogP contribution in [0, 0.1) is 5.92 Å². The zero-order chi connectivity index (χ0) is 10.1. The minimum absolute atomic E-state index is 0.00324. The lowest BCUT2D eigenvalue weighted by Gasteiger charge is -2.10. The number of hydrogen-bond donors (Lipinski definition) is 1. The number of methoxy groups -OCH3 is 1. The summed E-state index contributed by atoms with van der Waals surface area (Å²) in [7, 11) is -1.76. The van der Waals surface area contributed by atoms with E-state index in [1.807, 2.05) is 0 Å². The third kappa shape index (κ3) is 2.67. The van der Waals surface area contributed by atoms with Crippen LogP contribution in [0.1, 0.15) is 6.42 Å². The molecule has 1 rings (SSSR count). The summed E-state index contributed by atoms with van der Waals surface area (Å²) in [6.07, 6.45) is 0.0941. The van der Waals surface area contributed by atoms with Crippen molar-refractivity contribution in [2.24, 2.45) is 11.7 Å². The van der Waals surface area contributed by atoms with Crippen LogP contribution in [0.2, 0.25) is 0 Å². The Kier molecular flexibility index (Phi) is 2.92. The fraction of sp³-hybridized carbons (Fsp3) is 0.857. The monoisotopic (exact) mass is 207 g/mol. The quantitative estimate of drug-likeness (QED) is 0.582. The van der Waals surface area contributed by atoms with Crippen LogP contribution in [0.25, 0.3) is 0 Å². The van der Waals surface area contributed by atoms with Crippen molar-refractivity contribution < 1.29 is 17.9 Å². The highest BCUT2D eigenvalue weighted by Gasteiger charge is 2.36. The van der Waals surface area contributed by atoms with Crippen molar-refractivity contribution in [1.82, 2.24) is 0 Å². The number of sulfone groups is 1. The third-order valence-corrected chi connectivity index (χ3v) is 4.01. The van der Waals surface area contributed by atoms with Gasteiger partial charge in [0.1, 0.15) is 0 Å². The molecule has 13 heavy (non-hydrogen) atoms. The molecule has 0 spiro atoms. The van der Waals surface area contributed by atoms with E-state index >= 15 is 0 Å². The number of carbonyl (C=O) groups is 1. The van der Waals surface area contributed by atoms with Crippen LogP contribution < -0.4 is 5.73 Å². The molecule has 0 aromatic carbocycles. The fourth-order valence-electron chi connectivity index (χ4n) is 1.45. The lowest BCUT2D eigenvalue weighted by Crippen LogP contribution is -2.30. The average molecular weight is 207 g/mol. The molecule has 0 bridgehead atoms. The second-order valence-electron chi connectivity index (χ2n) is 3.28. The van der Waals surface area contributed by atoms with Crippen molar-refractivity contribution in [2.45, 2.75) is 12.5 Å². The van der Waals surface area contributed by atoms with Crippen molar-refractivity contribution >= 4 is 15.8 Å². The molecule has 6 heteroatoms. The van der Waals surface area contributed by atoms with Crippen LogP contribution in [-0.2, 0) is 19.4 Å². The first-order chi connectivity index (χ1) is 5.94. The second-order valence-corrected chi connectivity index (χ2v) is 5.43. The molecule has 1 fully saturated rings. The molecule has 76 valence electrons. The van der Waals surface area contributed by atoms with Gasteiger partial charge in [-0.05, 0) is 5.92 Å². The summed E-state index contributed by atoms with van der Waals surface area (Å²) in [5.74, 6) is -0.701. The van der Waals surface area contributed by atoms with E-state index in [0.29, 0.717) is 0 Å². The summed E-state index contributed by atoms with van der Waals surface area (Å²) in [5, 5.41) is 0. The second kappa shape index (κ2) is 3.63. The topological polar surface area (TPSA) is 86.5 Å². The van der Waals surface area contributed by atoms with E-state index in [1.165, 1.54) is 7.11 Å². The van der Waals surface area contributed by atoms with Crippen LogP contribution in [0.15, 0.2) is 0 Å². The van der Waals surface area contributed by atoms with Crippen molar-refractivity contribution in [3.05, 3.63) is 0 Å². The zero-order valence-corrected chi connectivity index (χ0v) is 8.21. The van der Waals surface area contributed by atoms with E-state index in [-0.39, 0.29) is 23.8 Å². The molecule has 0 aromatic rings. The molecule has 2 N–H and O–H groups in total. The molecular formula is C7H13NO4S. The molecule has 5 nitrogen and oxygen atoms in total. The Hall–Kier alpha value is -0.620. The molecule has 2 atom stereocenters. The normalized spacial score (nSPS) is 31.5. The van der Waals surface area contributed by atoms with Crippen LogP contribution >= 0.6 is 0 Å². The molecule has 1 heterocycles. The van der Waals surface area contributed by atoms with Gasteiger partial charge in [-0.3, -0.25) is 4.79 Å². The van der Waals surface area contributed by atoms with Crippen molar-refractivity contribution in [2.75, 3.05) is 18.6 Å². The Labute approximate surface area is 77.2 Å². The zero-order valence-electron chi connectivity index (χ0n) is 7.39. The van der Waals surface area contributed by atoms with E-state index in [2.05, 4.69) is 4.74 Å². The first-order valence-electron chi connectivity index (χ1n) is 3.97. The van der Waals surface area contributed by atoms with Crippen molar-refractivity contribution in [1.29, 1.82) is 0 Å². The minimum atomic E-state index is -3.03. The van der Waals surface area contributed by atoms with Gasteiger partial charge in [-0.15, -0.1) is 0 Å². The smallest absolute Gasteiger partial charge is 0.305 e. The number of rotatable bonds is 2. The summed E-state index contributed by atoms with van der Waals surface area (Å²) in [6, 6.07) is -0.427. The predicted octanol–water partition coefficient (Wildman–Crippen LogP) is -1.08. The lowest BCUT2D eigenvalue weighted by molar-refractivity contribution is -0.141. The van der Waals surface area contributed by atoms with Gasteiger partial charge in [-0.2, -0.15) is 0 Å². The highest BCUT2D eigenvalue weighted by atomic mass is 32.2. The first-order valence-corrected chi connectivity index (χ1v) is 5.79. The van der Waals surface area contributed by atoms with Gasteiger partial charge in [0.15, 0.2) is 9.84 Å². The number of hydrogen-bond acceptors (Lipinski definition) is 5. The van der Waals surface area contributed by atoms with Crippen LogP contribution in [0.5, 0.6) is 0 Å². The fourth-order valence-corrected chi connectivity index (χ4v) is 3.47. The Morgan fingerprint density at radius 2 is 2.15 bits per heavy atom. The summed E-state index contributed by atoms with van der Waals surface area (Å²) < 4.78 is 26.6. The van der Waals surface area contributed by atoms with Gasteiger partial charge in [0.2, 0.25) is 0 Å². The maximum Gasteiger partial charge on any atom is 0.305 e. The largest absolute Gasteiger partial charge is 0.469 e. The number of nitrogens with two attached hydrogens (primary N) is 1. The third-order valence-electron chi connectivity index (χ3n) is 2.18. The van der Waals surface area contributed by atoms with Crippen molar-refractivity contribution in [3.63, 3.8) is 0 Å². The SMILES string of the molecule is COC(=O)C[C@H]1CS(=O)(=O)C[C@H]1N. The Bertz CT molecular complexity index is 298. The van der Waals surface area contributed by atoms with Crippen LogP contribution in [0.4, 0.5) is 0 Å². The molecule has 1 aliphatic heterocycles. The van der Waals surface area contributed by atoms with Gasteiger partial charge in [0.05, 0.1) is 25.0 Å². The van der Waals surface area contributed by atoms with E-state index < -0.39 is 21.8 Å². The maximum absolute atomic E-state index is 11.1. The summed E-state index contributed by atoms with van der Waals surface area (Å²) in [4.78, 5) is 10.9. The molecule has 1 saturated heterocycles. The first kappa shape index (κ1) is 10.5. The minimum Gasteiger partial charge on any atom is -0.469 e. The molecule has 1 aliphatic rings. The summed E-state index contributed by atoms with van der Waals surface area (Å²) >= 11 is 0. The van der Waals surface area contributed by atoms with E-state index in [4.69, 9.17) is 5.73 Å². The van der Waals surface area contributed by atoms with Gasteiger partial charge in [-0.1, -0.05) is 0 Å². The molecule has 0 saturated carbocycles. The molecule has 0 amide bonds. The molecule has 0 unspecified atom stereocenters. The van der Waals surface area contributed by atoms with Crippen molar-refractivity contribution in [3.8, 4) is 0 Å². The summed E-state index contributed by atoms with van der Waals surface area (Å²) in [6.45, 7) is 0. The highest BCUT2D eigenvalue weighted by molar-refractivity contribution is 7.91. The molecule has 0 radical (unpaired) electrons. The predicted molar refractivity (Wildman–Crippen MR) is 46.8 cm³/mol. The molecule has 0 aromatic heterocycles. The molecule has 0 aliphatic carbocycles. The number of carbonyl (C=O) groups excluding carboxylic acids is 1. The van der Waals surface area contributed by atoms with Crippen LogP contribution in [-0.4, -0.2) is 39.0 Å². The van der Waals surface area contributed by atoms with Gasteiger partial charge >= 0.3 is 5.97 Å². The van der Waals surface area contributed by atoms with E-state index in [0.717, 1.165) is 0 Å².